The Hall–Kier alpha value is -3.08. The Morgan fingerprint density at radius 3 is 2.71 bits per heavy atom. The van der Waals surface area contributed by atoms with Crippen LogP contribution in [0, 0.1) is 11.3 Å². The van der Waals surface area contributed by atoms with E-state index in [0.717, 1.165) is 0 Å². The maximum atomic E-state index is 14.3. The molecule has 2 aromatic rings. The maximum Gasteiger partial charge on any atom is 0.309 e. The molecule has 0 aliphatic carbocycles. The molecule has 2 aromatic heterocycles. The van der Waals surface area contributed by atoms with E-state index < -0.39 is 24.9 Å². The lowest BCUT2D eigenvalue weighted by Crippen LogP contribution is -2.33. The van der Waals surface area contributed by atoms with Crippen molar-refractivity contribution in [1.29, 1.82) is 5.26 Å². The summed E-state index contributed by atoms with van der Waals surface area (Å²) in [6, 6.07) is 8.86. The van der Waals surface area contributed by atoms with Gasteiger partial charge in [-0.1, -0.05) is 6.07 Å². The Morgan fingerprint density at radius 1 is 1.38 bits per heavy atom. The number of rotatable bonds is 6. The number of nitrogens with zero attached hydrogens (tertiary/aromatic N) is 4. The van der Waals surface area contributed by atoms with Crippen LogP contribution in [0.1, 0.15) is 17.0 Å². The minimum Gasteiger partial charge on any atom is -0.481 e. The highest BCUT2D eigenvalue weighted by molar-refractivity contribution is 5.71. The fourth-order valence-corrected chi connectivity index (χ4v) is 2.12. The molecule has 0 fully saturated rings. The lowest BCUT2D eigenvalue weighted by Gasteiger charge is -2.24. The number of nitriles is 1. The van der Waals surface area contributed by atoms with Crippen molar-refractivity contribution in [3.8, 4) is 6.07 Å². The first-order valence-electron chi connectivity index (χ1n) is 6.96. The first-order chi connectivity index (χ1) is 11.3. The molecule has 2 heterocycles. The molecule has 0 amide bonds. The summed E-state index contributed by atoms with van der Waals surface area (Å²) < 4.78 is 28.5. The molecule has 0 aliphatic rings. The van der Waals surface area contributed by atoms with Gasteiger partial charge in [0.2, 0.25) is 0 Å². The van der Waals surface area contributed by atoms with Crippen LogP contribution >= 0.6 is 0 Å². The van der Waals surface area contributed by atoms with Crippen LogP contribution in [0.15, 0.2) is 36.5 Å². The second-order valence-corrected chi connectivity index (χ2v) is 5.12. The van der Waals surface area contributed by atoms with Gasteiger partial charge in [-0.15, -0.1) is 0 Å². The Balaban J connectivity index is 2.25. The van der Waals surface area contributed by atoms with Crippen LogP contribution in [-0.4, -0.2) is 34.6 Å². The highest BCUT2D eigenvalue weighted by Gasteiger charge is 2.35. The summed E-state index contributed by atoms with van der Waals surface area (Å²) in [5.41, 5.74) is -0.224. The maximum absolute atomic E-state index is 14.3. The number of likely N-dealkylation sites (N-methyl/N-ethyl adjacent to an activating group) is 1. The van der Waals surface area contributed by atoms with Gasteiger partial charge < -0.3 is 10.0 Å². The standard InChI is InChI=1S/C16H14F2N4O2/c1-22(10-16(17,18)13-4-2-3-7-20-13)14-6-5-11(9-19)12(21-14)8-15(23)24/h2-7H,8,10H2,1H3,(H,23,24). The molecule has 2 rings (SSSR count). The molecule has 0 atom stereocenters. The number of aliphatic carboxylic acids is 1. The minimum absolute atomic E-state index is 0.0375. The fourth-order valence-electron chi connectivity index (χ4n) is 2.12. The lowest BCUT2D eigenvalue weighted by atomic mass is 10.1. The number of carboxylic acids is 1. The normalized spacial score (nSPS) is 10.9. The predicted octanol–water partition coefficient (Wildman–Crippen LogP) is 2.20. The summed E-state index contributed by atoms with van der Waals surface area (Å²) in [6.07, 6.45) is 0.829. The van der Waals surface area contributed by atoms with E-state index in [0.29, 0.717) is 0 Å². The number of hydrogen-bond acceptors (Lipinski definition) is 5. The second kappa shape index (κ2) is 7.00. The van der Waals surface area contributed by atoms with Gasteiger partial charge in [-0.05, 0) is 24.3 Å². The molecule has 8 heteroatoms. The molecular weight excluding hydrogens is 318 g/mol. The summed E-state index contributed by atoms with van der Waals surface area (Å²) in [4.78, 5) is 19.7. The molecule has 0 saturated heterocycles. The first-order valence-corrected chi connectivity index (χ1v) is 6.96. The van der Waals surface area contributed by atoms with Crippen molar-refractivity contribution in [1.82, 2.24) is 9.97 Å². The number of carboxylic acid groups (broad SMARTS) is 1. The van der Waals surface area contributed by atoms with Gasteiger partial charge in [-0.3, -0.25) is 9.78 Å². The number of hydrogen-bond donors (Lipinski definition) is 1. The minimum atomic E-state index is -3.21. The predicted molar refractivity (Wildman–Crippen MR) is 81.7 cm³/mol. The zero-order valence-corrected chi connectivity index (χ0v) is 12.8. The number of alkyl halides is 2. The van der Waals surface area contributed by atoms with Crippen molar-refractivity contribution in [2.75, 3.05) is 18.5 Å². The topological polar surface area (TPSA) is 90.1 Å². The van der Waals surface area contributed by atoms with Crippen LogP contribution in [0.4, 0.5) is 14.6 Å². The molecule has 1 N–H and O–H groups in total. The first kappa shape index (κ1) is 17.3. The molecule has 0 spiro atoms. The Morgan fingerprint density at radius 2 is 2.12 bits per heavy atom. The van der Waals surface area contributed by atoms with E-state index in [1.165, 1.54) is 42.4 Å². The summed E-state index contributed by atoms with van der Waals surface area (Å²) >= 11 is 0. The number of aromatic nitrogens is 2. The molecule has 0 radical (unpaired) electrons. The zero-order valence-electron chi connectivity index (χ0n) is 12.8. The average molecular weight is 332 g/mol. The van der Waals surface area contributed by atoms with Crippen LogP contribution in [0.3, 0.4) is 0 Å². The van der Waals surface area contributed by atoms with Crippen molar-refractivity contribution in [3.05, 3.63) is 53.5 Å². The van der Waals surface area contributed by atoms with E-state index in [2.05, 4.69) is 9.97 Å². The average Bonchev–Trinajstić information content (AvgIpc) is 2.54. The molecule has 0 bridgehead atoms. The van der Waals surface area contributed by atoms with Crippen LogP contribution in [-0.2, 0) is 17.1 Å². The molecule has 0 saturated carbocycles. The van der Waals surface area contributed by atoms with E-state index in [-0.39, 0.29) is 22.8 Å². The number of pyridine rings is 2. The Kier molecular flexibility index (Phi) is 5.04. The van der Waals surface area contributed by atoms with Gasteiger partial charge in [0.15, 0.2) is 0 Å². The van der Waals surface area contributed by atoms with E-state index in [1.54, 1.807) is 6.07 Å². The second-order valence-electron chi connectivity index (χ2n) is 5.12. The van der Waals surface area contributed by atoms with Gasteiger partial charge in [0.05, 0.1) is 24.2 Å². The van der Waals surface area contributed by atoms with Crippen molar-refractivity contribution >= 4 is 11.8 Å². The van der Waals surface area contributed by atoms with Gasteiger partial charge in [0.1, 0.15) is 17.6 Å². The van der Waals surface area contributed by atoms with Crippen molar-refractivity contribution in [2.45, 2.75) is 12.3 Å². The molecule has 0 aliphatic heterocycles. The van der Waals surface area contributed by atoms with Crippen LogP contribution in [0.25, 0.3) is 0 Å². The van der Waals surface area contributed by atoms with Gasteiger partial charge in [-0.2, -0.15) is 14.0 Å². The Labute approximate surface area is 137 Å². The van der Waals surface area contributed by atoms with E-state index >= 15 is 0 Å². The van der Waals surface area contributed by atoms with Crippen molar-refractivity contribution in [3.63, 3.8) is 0 Å². The third-order valence-corrected chi connectivity index (χ3v) is 3.27. The van der Waals surface area contributed by atoms with Crippen LogP contribution < -0.4 is 4.90 Å². The largest absolute Gasteiger partial charge is 0.481 e. The quantitative estimate of drug-likeness (QED) is 0.872. The third-order valence-electron chi connectivity index (χ3n) is 3.27. The number of halogens is 2. The number of carbonyl (C=O) groups is 1. The summed E-state index contributed by atoms with van der Waals surface area (Å²) in [6.45, 7) is -0.685. The Bertz CT molecular complexity index is 775. The molecular formula is C16H14F2N4O2. The summed E-state index contributed by atoms with van der Waals surface area (Å²) in [5.74, 6) is -4.21. The molecule has 6 nitrogen and oxygen atoms in total. The van der Waals surface area contributed by atoms with E-state index in [4.69, 9.17) is 10.4 Å². The van der Waals surface area contributed by atoms with Gasteiger partial charge >= 0.3 is 11.9 Å². The smallest absolute Gasteiger partial charge is 0.309 e. The number of anilines is 1. The summed E-state index contributed by atoms with van der Waals surface area (Å²) in [7, 11) is 1.41. The third kappa shape index (κ3) is 4.01. The highest BCUT2D eigenvalue weighted by atomic mass is 19.3. The monoisotopic (exact) mass is 332 g/mol. The molecule has 0 unspecified atom stereocenters. The lowest BCUT2D eigenvalue weighted by molar-refractivity contribution is -0.136. The fraction of sp³-hybridized carbons (Fsp3) is 0.250. The molecule has 0 aromatic carbocycles. The molecule has 24 heavy (non-hydrogen) atoms. The van der Waals surface area contributed by atoms with Crippen molar-refractivity contribution in [2.24, 2.45) is 0 Å². The van der Waals surface area contributed by atoms with E-state index in [9.17, 15) is 13.6 Å². The highest BCUT2D eigenvalue weighted by Crippen LogP contribution is 2.28. The van der Waals surface area contributed by atoms with Gasteiger partial charge in [0.25, 0.3) is 0 Å². The molecule has 124 valence electrons. The zero-order chi connectivity index (χ0) is 17.7. The van der Waals surface area contributed by atoms with Gasteiger partial charge in [0, 0.05) is 13.2 Å². The van der Waals surface area contributed by atoms with Crippen LogP contribution in [0.5, 0.6) is 0 Å². The van der Waals surface area contributed by atoms with Gasteiger partial charge in [-0.25, -0.2) is 4.98 Å². The SMILES string of the molecule is CN(CC(F)(F)c1ccccn1)c1ccc(C#N)c(CC(=O)O)n1. The van der Waals surface area contributed by atoms with E-state index in [1.807, 2.05) is 6.07 Å². The summed E-state index contributed by atoms with van der Waals surface area (Å²) in [5, 5.41) is 17.8. The van der Waals surface area contributed by atoms with Crippen molar-refractivity contribution < 1.29 is 18.7 Å². The van der Waals surface area contributed by atoms with Crippen LogP contribution in [0.2, 0.25) is 0 Å².